The lowest BCUT2D eigenvalue weighted by molar-refractivity contribution is -0.139. The Kier molecular flexibility index (Phi) is 8.02. The van der Waals surface area contributed by atoms with Crippen LogP contribution >= 0.6 is 0 Å². The summed E-state index contributed by atoms with van der Waals surface area (Å²) in [7, 11) is 1.59. The highest BCUT2D eigenvalue weighted by Gasteiger charge is 2.46. The Bertz CT molecular complexity index is 1020. The Labute approximate surface area is 206 Å². The Morgan fingerprint density at radius 2 is 1.80 bits per heavy atom. The molecule has 0 radical (unpaired) electrons. The predicted molar refractivity (Wildman–Crippen MR) is 133 cm³/mol. The van der Waals surface area contributed by atoms with Crippen LogP contribution in [0.2, 0.25) is 0 Å². The van der Waals surface area contributed by atoms with Crippen molar-refractivity contribution in [2.24, 2.45) is 11.7 Å². The van der Waals surface area contributed by atoms with E-state index in [2.05, 4.69) is 5.32 Å². The zero-order chi connectivity index (χ0) is 24.8. The van der Waals surface area contributed by atoms with Gasteiger partial charge in [-0.15, -0.1) is 0 Å². The number of methoxy groups -OCH3 is 1. The highest BCUT2D eigenvalue weighted by atomic mass is 16.5. The summed E-state index contributed by atoms with van der Waals surface area (Å²) in [6.07, 6.45) is 2.81. The van der Waals surface area contributed by atoms with Crippen LogP contribution in [0.25, 0.3) is 0 Å². The summed E-state index contributed by atoms with van der Waals surface area (Å²) in [6.45, 7) is 1.53. The van der Waals surface area contributed by atoms with E-state index in [9.17, 15) is 14.4 Å². The fourth-order valence-electron chi connectivity index (χ4n) is 4.65. The highest BCUT2D eigenvalue weighted by Crippen LogP contribution is 2.35. The maximum Gasteiger partial charge on any atom is 0.254 e. The Morgan fingerprint density at radius 3 is 2.43 bits per heavy atom. The van der Waals surface area contributed by atoms with Crippen LogP contribution in [0.3, 0.4) is 0 Å². The van der Waals surface area contributed by atoms with Gasteiger partial charge in [-0.2, -0.15) is 0 Å². The van der Waals surface area contributed by atoms with Crippen LogP contribution in [0, 0.1) is 5.92 Å². The van der Waals surface area contributed by atoms with Gasteiger partial charge in [0.1, 0.15) is 11.8 Å². The van der Waals surface area contributed by atoms with Gasteiger partial charge >= 0.3 is 0 Å². The van der Waals surface area contributed by atoms with Crippen LogP contribution in [0.1, 0.15) is 35.2 Å². The number of hydrogen-bond acceptors (Lipinski definition) is 5. The summed E-state index contributed by atoms with van der Waals surface area (Å²) in [5.74, 6) is 0.368. The van der Waals surface area contributed by atoms with Gasteiger partial charge in [-0.05, 0) is 55.5 Å². The molecule has 1 aliphatic carbocycles. The zero-order valence-corrected chi connectivity index (χ0v) is 20.2. The van der Waals surface area contributed by atoms with E-state index in [0.717, 1.165) is 18.4 Å². The minimum Gasteiger partial charge on any atom is -0.497 e. The van der Waals surface area contributed by atoms with E-state index in [1.807, 2.05) is 35.2 Å². The molecule has 2 aliphatic rings. The summed E-state index contributed by atoms with van der Waals surface area (Å²) in [6, 6.07) is 16.2. The molecule has 1 saturated heterocycles. The number of likely N-dealkylation sites (tertiary alicyclic amines) is 1. The van der Waals surface area contributed by atoms with E-state index in [-0.39, 0.29) is 29.7 Å². The van der Waals surface area contributed by atoms with Crippen molar-refractivity contribution < 1.29 is 19.1 Å². The van der Waals surface area contributed by atoms with E-state index in [0.29, 0.717) is 50.3 Å². The van der Waals surface area contributed by atoms with E-state index in [1.165, 1.54) is 0 Å². The molecule has 0 aromatic heterocycles. The van der Waals surface area contributed by atoms with Crippen molar-refractivity contribution in [1.82, 2.24) is 15.1 Å². The Hall–Kier alpha value is -3.39. The third-order valence-electron chi connectivity index (χ3n) is 6.76. The number of benzene rings is 2. The number of hydrogen-bond donors (Lipinski definition) is 2. The summed E-state index contributed by atoms with van der Waals surface area (Å²) >= 11 is 0. The third kappa shape index (κ3) is 6.00. The Balaban J connectivity index is 1.58. The lowest BCUT2D eigenvalue weighted by Gasteiger charge is -2.29. The van der Waals surface area contributed by atoms with Crippen LogP contribution < -0.4 is 15.8 Å². The molecule has 1 aliphatic heterocycles. The number of nitrogens with two attached hydrogens (primary N) is 1. The normalized spacial score (nSPS) is 19.3. The SMILES string of the molecule is COc1ccc(C(=O)N(CCc2ccccc2)C2CC(C(=O)NCCN)N(C(=O)C3CC3)C2)cc1. The number of ether oxygens (including phenoxy) is 1. The molecule has 1 saturated carbocycles. The number of nitrogens with one attached hydrogen (secondary N) is 1. The maximum atomic E-state index is 13.7. The van der Waals surface area contributed by atoms with Crippen LogP contribution in [-0.2, 0) is 16.0 Å². The van der Waals surface area contributed by atoms with Gasteiger partial charge in [-0.25, -0.2) is 0 Å². The van der Waals surface area contributed by atoms with Gasteiger partial charge in [-0.1, -0.05) is 30.3 Å². The van der Waals surface area contributed by atoms with Crippen molar-refractivity contribution >= 4 is 17.7 Å². The molecule has 1 heterocycles. The number of rotatable bonds is 10. The Morgan fingerprint density at radius 1 is 1.09 bits per heavy atom. The first-order chi connectivity index (χ1) is 17.0. The molecule has 2 fully saturated rings. The molecule has 35 heavy (non-hydrogen) atoms. The van der Waals surface area contributed by atoms with E-state index < -0.39 is 6.04 Å². The summed E-state index contributed by atoms with van der Waals surface area (Å²) in [4.78, 5) is 43.2. The van der Waals surface area contributed by atoms with Gasteiger partial charge in [0.25, 0.3) is 5.91 Å². The van der Waals surface area contributed by atoms with Crippen molar-refractivity contribution in [3.8, 4) is 5.75 Å². The molecule has 2 atom stereocenters. The van der Waals surface area contributed by atoms with E-state index in [1.54, 1.807) is 36.3 Å². The molecule has 2 aromatic rings. The standard InChI is InChI=1S/C27H34N4O4/c1-35-23-11-9-21(10-12-23)26(33)30(16-13-19-5-3-2-4-6-19)22-17-24(25(32)29-15-14-28)31(18-22)27(34)20-7-8-20/h2-6,9-12,20,22,24H,7-8,13-18,28H2,1H3,(H,29,32). The zero-order valence-electron chi connectivity index (χ0n) is 20.2. The second-order valence-corrected chi connectivity index (χ2v) is 9.21. The fraction of sp³-hybridized carbons (Fsp3) is 0.444. The first-order valence-corrected chi connectivity index (χ1v) is 12.3. The van der Waals surface area contributed by atoms with Gasteiger partial charge in [0.2, 0.25) is 11.8 Å². The number of amides is 3. The van der Waals surface area contributed by atoms with Gasteiger partial charge in [0, 0.05) is 37.7 Å². The predicted octanol–water partition coefficient (Wildman–Crippen LogP) is 1.83. The third-order valence-corrected chi connectivity index (χ3v) is 6.76. The summed E-state index contributed by atoms with van der Waals surface area (Å²) in [5.41, 5.74) is 7.24. The van der Waals surface area contributed by atoms with Crippen molar-refractivity contribution in [2.75, 3.05) is 33.3 Å². The second kappa shape index (κ2) is 11.4. The van der Waals surface area contributed by atoms with E-state index >= 15 is 0 Å². The van der Waals surface area contributed by atoms with Gasteiger partial charge < -0.3 is 25.6 Å². The molecule has 2 aromatic carbocycles. The molecule has 8 nitrogen and oxygen atoms in total. The topological polar surface area (TPSA) is 105 Å². The van der Waals surface area contributed by atoms with Crippen LogP contribution in [0.4, 0.5) is 0 Å². The molecule has 0 bridgehead atoms. The lowest BCUT2D eigenvalue weighted by Crippen LogP contribution is -2.47. The monoisotopic (exact) mass is 478 g/mol. The number of carbonyl (C=O) groups is 3. The van der Waals surface area contributed by atoms with E-state index in [4.69, 9.17) is 10.5 Å². The average molecular weight is 479 g/mol. The first-order valence-electron chi connectivity index (χ1n) is 12.3. The maximum absolute atomic E-state index is 13.7. The van der Waals surface area contributed by atoms with Crippen LogP contribution in [-0.4, -0.2) is 72.9 Å². The summed E-state index contributed by atoms with van der Waals surface area (Å²) in [5, 5.41) is 2.83. The van der Waals surface area contributed by atoms with Gasteiger partial charge in [-0.3, -0.25) is 14.4 Å². The van der Waals surface area contributed by atoms with Crippen molar-refractivity contribution in [1.29, 1.82) is 0 Å². The minimum absolute atomic E-state index is 0.00591. The minimum atomic E-state index is -0.595. The molecule has 4 rings (SSSR count). The van der Waals surface area contributed by atoms with Gasteiger partial charge in [0.05, 0.1) is 13.2 Å². The van der Waals surface area contributed by atoms with Crippen molar-refractivity contribution in [2.45, 2.75) is 37.8 Å². The quantitative estimate of drug-likeness (QED) is 0.542. The first kappa shape index (κ1) is 24.7. The van der Waals surface area contributed by atoms with Crippen LogP contribution in [0.15, 0.2) is 54.6 Å². The molecular weight excluding hydrogens is 444 g/mol. The van der Waals surface area contributed by atoms with Gasteiger partial charge in [0.15, 0.2) is 0 Å². The molecule has 3 N–H and O–H groups in total. The van der Waals surface area contributed by atoms with Crippen molar-refractivity contribution in [3.63, 3.8) is 0 Å². The largest absolute Gasteiger partial charge is 0.497 e. The molecule has 8 heteroatoms. The lowest BCUT2D eigenvalue weighted by atomic mass is 10.1. The molecule has 0 spiro atoms. The highest BCUT2D eigenvalue weighted by molar-refractivity contribution is 5.95. The average Bonchev–Trinajstić information content (AvgIpc) is 3.66. The molecular formula is C27H34N4O4. The molecule has 2 unspecified atom stereocenters. The van der Waals surface area contributed by atoms with Crippen LogP contribution in [0.5, 0.6) is 5.75 Å². The van der Waals surface area contributed by atoms with Crippen molar-refractivity contribution in [3.05, 3.63) is 65.7 Å². The number of carbonyl (C=O) groups excluding carboxylic acids is 3. The smallest absolute Gasteiger partial charge is 0.254 e. The fourth-order valence-corrected chi connectivity index (χ4v) is 4.65. The molecule has 186 valence electrons. The summed E-state index contributed by atoms with van der Waals surface area (Å²) < 4.78 is 5.23. The molecule has 3 amide bonds. The number of nitrogens with zero attached hydrogens (tertiary/aromatic N) is 2. The second-order valence-electron chi connectivity index (χ2n) is 9.21.